The number of carbonyl (C=O) groups is 2. The fraction of sp³-hybridized carbons (Fsp3) is 0.355. The third kappa shape index (κ3) is 7.05. The monoisotopic (exact) mass is 627 g/mol. The zero-order chi connectivity index (χ0) is 29.4. The number of amides is 1. The van der Waals surface area contributed by atoms with E-state index < -0.39 is 18.3 Å². The van der Waals surface area contributed by atoms with Crippen LogP contribution in [0.2, 0.25) is 0 Å². The van der Waals surface area contributed by atoms with Crippen LogP contribution in [-0.2, 0) is 28.9 Å². The van der Waals surface area contributed by atoms with Crippen molar-refractivity contribution in [3.05, 3.63) is 81.3 Å². The second kappa shape index (κ2) is 14.1. The number of halogens is 1. The maximum Gasteiger partial charge on any atom is 0.513 e. The van der Waals surface area contributed by atoms with E-state index in [1.54, 1.807) is 31.9 Å². The van der Waals surface area contributed by atoms with Gasteiger partial charge in [0.05, 0.1) is 37.9 Å². The van der Waals surface area contributed by atoms with Gasteiger partial charge < -0.3 is 33.3 Å². The lowest BCUT2D eigenvalue weighted by molar-refractivity contribution is 0.0857. The summed E-state index contributed by atoms with van der Waals surface area (Å²) < 4.78 is 33.9. The molecular weight excluding hydrogens is 594 g/mol. The highest BCUT2D eigenvalue weighted by Crippen LogP contribution is 2.44. The molecular formula is C31H34BrNO8. The van der Waals surface area contributed by atoms with E-state index in [1.807, 2.05) is 48.5 Å². The van der Waals surface area contributed by atoms with Crippen molar-refractivity contribution in [2.24, 2.45) is 0 Å². The SMILES string of the molecule is CCOC(=O)Oc1cc2c(cc1OC)CCN(C(=O)OCC)[C@@H]2Cc1ccc(OC)c(OCc2ccccc2)c1Br. The quantitative estimate of drug-likeness (QED) is 0.177. The van der Waals surface area contributed by atoms with Gasteiger partial charge in [-0.3, -0.25) is 0 Å². The van der Waals surface area contributed by atoms with E-state index in [0.717, 1.165) is 26.7 Å². The number of ether oxygens (including phenoxy) is 6. The summed E-state index contributed by atoms with van der Waals surface area (Å²) in [7, 11) is 3.10. The van der Waals surface area contributed by atoms with E-state index in [1.165, 1.54) is 7.11 Å². The molecule has 1 aliphatic heterocycles. The number of rotatable bonds is 10. The summed E-state index contributed by atoms with van der Waals surface area (Å²) in [4.78, 5) is 27.0. The molecule has 0 saturated carbocycles. The van der Waals surface area contributed by atoms with Gasteiger partial charge in [0.1, 0.15) is 6.61 Å². The number of methoxy groups -OCH3 is 2. The summed E-state index contributed by atoms with van der Waals surface area (Å²) in [6, 6.07) is 16.8. The summed E-state index contributed by atoms with van der Waals surface area (Å²) in [5, 5.41) is 0. The van der Waals surface area contributed by atoms with Crippen molar-refractivity contribution in [2.45, 2.75) is 39.3 Å². The summed E-state index contributed by atoms with van der Waals surface area (Å²) >= 11 is 3.74. The van der Waals surface area contributed by atoms with Crippen LogP contribution in [0.15, 0.2) is 59.1 Å². The molecule has 0 aromatic heterocycles. The number of benzene rings is 3. The molecule has 0 radical (unpaired) electrons. The number of carbonyl (C=O) groups excluding carboxylic acids is 2. The number of nitrogens with zero attached hydrogens (tertiary/aromatic N) is 1. The van der Waals surface area contributed by atoms with E-state index >= 15 is 0 Å². The number of fused-ring (bicyclic) bond motifs is 1. The zero-order valence-corrected chi connectivity index (χ0v) is 25.2. The highest BCUT2D eigenvalue weighted by molar-refractivity contribution is 9.10. The third-order valence-electron chi connectivity index (χ3n) is 6.74. The molecule has 3 aromatic carbocycles. The summed E-state index contributed by atoms with van der Waals surface area (Å²) in [6.45, 7) is 4.70. The van der Waals surface area contributed by atoms with Gasteiger partial charge in [0.25, 0.3) is 0 Å². The van der Waals surface area contributed by atoms with Crippen LogP contribution in [0.1, 0.15) is 42.1 Å². The van der Waals surface area contributed by atoms with Crippen molar-refractivity contribution in [3.8, 4) is 23.0 Å². The predicted octanol–water partition coefficient (Wildman–Crippen LogP) is 6.88. The minimum Gasteiger partial charge on any atom is -0.493 e. The van der Waals surface area contributed by atoms with Gasteiger partial charge in [0.2, 0.25) is 0 Å². The molecule has 3 aromatic rings. The zero-order valence-electron chi connectivity index (χ0n) is 23.6. The highest BCUT2D eigenvalue weighted by Gasteiger charge is 2.34. The Labute approximate surface area is 248 Å². The molecule has 0 saturated heterocycles. The predicted molar refractivity (Wildman–Crippen MR) is 156 cm³/mol. The van der Waals surface area contributed by atoms with Gasteiger partial charge in [-0.05, 0) is 83.1 Å². The van der Waals surface area contributed by atoms with Gasteiger partial charge in [-0.25, -0.2) is 9.59 Å². The lowest BCUT2D eigenvalue weighted by Crippen LogP contribution is -2.41. The van der Waals surface area contributed by atoms with Crippen molar-refractivity contribution in [3.63, 3.8) is 0 Å². The lowest BCUT2D eigenvalue weighted by Gasteiger charge is -2.37. The van der Waals surface area contributed by atoms with Crippen LogP contribution in [0.4, 0.5) is 9.59 Å². The molecule has 0 spiro atoms. The Hall–Kier alpha value is -3.92. The van der Waals surface area contributed by atoms with Crippen LogP contribution in [-0.4, -0.2) is 51.1 Å². The van der Waals surface area contributed by atoms with E-state index in [9.17, 15) is 9.59 Å². The smallest absolute Gasteiger partial charge is 0.493 e. The van der Waals surface area contributed by atoms with E-state index in [2.05, 4.69) is 15.9 Å². The minimum absolute atomic E-state index is 0.172. The molecule has 1 heterocycles. The van der Waals surface area contributed by atoms with Gasteiger partial charge in [-0.15, -0.1) is 0 Å². The molecule has 4 rings (SSSR count). The first-order valence-electron chi connectivity index (χ1n) is 13.4. The normalized spacial score (nSPS) is 14.1. The van der Waals surface area contributed by atoms with Crippen LogP contribution >= 0.6 is 15.9 Å². The van der Waals surface area contributed by atoms with Crippen molar-refractivity contribution < 1.29 is 38.0 Å². The Morgan fingerprint density at radius 2 is 1.66 bits per heavy atom. The van der Waals surface area contributed by atoms with Crippen molar-refractivity contribution in [1.82, 2.24) is 4.90 Å². The van der Waals surface area contributed by atoms with Crippen LogP contribution in [0.25, 0.3) is 0 Å². The molecule has 1 atom stereocenters. The summed E-state index contributed by atoms with van der Waals surface area (Å²) in [5.74, 6) is 1.76. The third-order valence-corrected chi connectivity index (χ3v) is 7.61. The Balaban J connectivity index is 1.73. The maximum absolute atomic E-state index is 13.1. The van der Waals surface area contributed by atoms with Crippen molar-refractivity contribution in [2.75, 3.05) is 34.0 Å². The van der Waals surface area contributed by atoms with Gasteiger partial charge in [-0.1, -0.05) is 36.4 Å². The second-order valence-corrected chi connectivity index (χ2v) is 9.99. The van der Waals surface area contributed by atoms with Gasteiger partial charge in [0.15, 0.2) is 23.0 Å². The Morgan fingerprint density at radius 3 is 2.34 bits per heavy atom. The molecule has 0 N–H and O–H groups in total. The van der Waals surface area contributed by atoms with Crippen molar-refractivity contribution in [1.29, 1.82) is 0 Å². The van der Waals surface area contributed by atoms with Crippen molar-refractivity contribution >= 4 is 28.2 Å². The Kier molecular flexibility index (Phi) is 10.3. The number of hydrogen-bond acceptors (Lipinski definition) is 8. The molecule has 10 heteroatoms. The molecule has 0 unspecified atom stereocenters. The topological polar surface area (TPSA) is 92.8 Å². The number of hydrogen-bond donors (Lipinski definition) is 0. The largest absolute Gasteiger partial charge is 0.513 e. The van der Waals surface area contributed by atoms with Gasteiger partial charge in [-0.2, -0.15) is 0 Å². The van der Waals surface area contributed by atoms with Crippen LogP contribution in [0.5, 0.6) is 23.0 Å². The molecule has 0 bridgehead atoms. The van der Waals surface area contributed by atoms with Crippen LogP contribution < -0.4 is 18.9 Å². The Bertz CT molecular complexity index is 1360. The van der Waals surface area contributed by atoms with E-state index in [4.69, 9.17) is 28.4 Å². The molecule has 0 fully saturated rings. The average Bonchev–Trinajstić information content (AvgIpc) is 2.98. The van der Waals surface area contributed by atoms with Gasteiger partial charge >= 0.3 is 12.2 Å². The average molecular weight is 629 g/mol. The fourth-order valence-corrected chi connectivity index (χ4v) is 5.40. The molecule has 0 aliphatic carbocycles. The minimum atomic E-state index is -0.835. The standard InChI is InChI=1S/C31H34BrNO8/c1-5-38-30(34)33-15-14-21-17-26(37-4)27(41-31(35)39-6-2)18-23(21)24(33)16-22-12-13-25(36-3)29(28(22)32)40-19-20-10-8-7-9-11-20/h7-13,17-18,24H,5-6,14-16,19H2,1-4H3/t24-/m1/s1. The molecule has 1 aliphatic rings. The summed E-state index contributed by atoms with van der Waals surface area (Å²) in [5.41, 5.74) is 3.71. The molecule has 41 heavy (non-hydrogen) atoms. The highest BCUT2D eigenvalue weighted by atomic mass is 79.9. The van der Waals surface area contributed by atoms with Crippen LogP contribution in [0.3, 0.4) is 0 Å². The van der Waals surface area contributed by atoms with E-state index in [0.29, 0.717) is 43.2 Å². The second-order valence-electron chi connectivity index (χ2n) is 9.19. The van der Waals surface area contributed by atoms with Crippen LogP contribution in [0, 0.1) is 0 Å². The molecule has 1 amide bonds. The lowest BCUT2D eigenvalue weighted by atomic mass is 9.88. The van der Waals surface area contributed by atoms with E-state index in [-0.39, 0.29) is 19.0 Å². The maximum atomic E-state index is 13.1. The first-order chi connectivity index (χ1) is 19.9. The molecule has 9 nitrogen and oxygen atoms in total. The Morgan fingerprint density at radius 1 is 0.927 bits per heavy atom. The summed E-state index contributed by atoms with van der Waals surface area (Å²) in [6.07, 6.45) is -0.255. The first-order valence-corrected chi connectivity index (χ1v) is 14.2. The first kappa shape index (κ1) is 30.0. The molecule has 218 valence electrons. The van der Waals surface area contributed by atoms with Gasteiger partial charge in [0, 0.05) is 6.54 Å². The fourth-order valence-electron chi connectivity index (χ4n) is 4.80.